The summed E-state index contributed by atoms with van der Waals surface area (Å²) in [6, 6.07) is 13.6. The molecule has 1 N–H and O–H groups in total. The van der Waals surface area contributed by atoms with Gasteiger partial charge < -0.3 is 10.1 Å². The third-order valence-electron chi connectivity index (χ3n) is 5.17. The molecule has 1 saturated heterocycles. The topological polar surface area (TPSA) is 79.0 Å². The van der Waals surface area contributed by atoms with Crippen LogP contribution in [-0.4, -0.2) is 58.3 Å². The maximum atomic E-state index is 12.6. The maximum Gasteiger partial charge on any atom is 0.241 e. The van der Waals surface area contributed by atoms with E-state index in [1.54, 1.807) is 12.1 Å². The molecule has 8 heteroatoms. The van der Waals surface area contributed by atoms with Crippen molar-refractivity contribution in [3.8, 4) is 0 Å². The number of ether oxygens (including phenoxy) is 1. The van der Waals surface area contributed by atoms with E-state index in [0.717, 1.165) is 60.1 Å². The Morgan fingerprint density at radius 1 is 1.06 bits per heavy atom. The molecule has 1 heterocycles. The molecule has 0 unspecified atom stereocenters. The highest BCUT2D eigenvalue weighted by atomic mass is 32.2. The minimum absolute atomic E-state index is 0.255. The second-order valence-electron chi connectivity index (χ2n) is 8.10. The number of nitrogens with one attached hydrogen (secondary N) is 1. The monoisotopic (exact) mass is 445 g/mol. The number of morpholine rings is 1. The van der Waals surface area contributed by atoms with E-state index in [0.29, 0.717) is 12.2 Å². The van der Waals surface area contributed by atoms with Gasteiger partial charge in [0.15, 0.2) is 0 Å². The molecule has 1 amide bonds. The van der Waals surface area contributed by atoms with E-state index < -0.39 is 10.0 Å². The summed E-state index contributed by atoms with van der Waals surface area (Å²) < 4.78 is 31.2. The van der Waals surface area contributed by atoms with Crippen molar-refractivity contribution in [2.24, 2.45) is 0 Å². The van der Waals surface area contributed by atoms with Crippen molar-refractivity contribution in [3.63, 3.8) is 0 Å². The van der Waals surface area contributed by atoms with Gasteiger partial charge in [-0.15, -0.1) is 0 Å². The van der Waals surface area contributed by atoms with E-state index in [1.165, 1.54) is 5.56 Å². The normalized spacial score (nSPS) is 14.9. The quantitative estimate of drug-likeness (QED) is 0.674. The molecule has 7 nitrogen and oxygen atoms in total. The van der Waals surface area contributed by atoms with Gasteiger partial charge >= 0.3 is 0 Å². The lowest BCUT2D eigenvalue weighted by atomic mass is 10.1. The lowest BCUT2D eigenvalue weighted by molar-refractivity contribution is -0.119. The predicted molar refractivity (Wildman–Crippen MR) is 122 cm³/mol. The summed E-state index contributed by atoms with van der Waals surface area (Å²) in [5, 5.41) is 2.85. The van der Waals surface area contributed by atoms with Gasteiger partial charge in [-0.2, -0.15) is 0 Å². The van der Waals surface area contributed by atoms with E-state index in [9.17, 15) is 13.2 Å². The Balaban J connectivity index is 1.62. The largest absolute Gasteiger partial charge is 0.379 e. The molecule has 0 atom stereocenters. The molecule has 31 heavy (non-hydrogen) atoms. The molecule has 0 saturated carbocycles. The Morgan fingerprint density at radius 3 is 2.35 bits per heavy atom. The molecule has 2 aromatic rings. The number of sulfonamides is 1. The first-order chi connectivity index (χ1) is 14.7. The standard InChI is InChI=1S/C23H31N3O4S/c1-18-11-19(2)13-22(12-18)26(31(3,28)29)17-23(27)24-15-20-5-4-6-21(14-20)16-25-7-9-30-10-8-25/h4-6,11-14H,7-10,15-17H2,1-3H3,(H,24,27). The highest BCUT2D eigenvalue weighted by Gasteiger charge is 2.21. The molecule has 0 spiro atoms. The summed E-state index contributed by atoms with van der Waals surface area (Å²) in [6.45, 7) is 8.10. The molecule has 2 aromatic carbocycles. The van der Waals surface area contributed by atoms with Crippen molar-refractivity contribution < 1.29 is 17.9 Å². The van der Waals surface area contributed by atoms with Gasteiger partial charge in [0.1, 0.15) is 6.54 Å². The minimum atomic E-state index is -3.60. The van der Waals surface area contributed by atoms with E-state index >= 15 is 0 Å². The van der Waals surface area contributed by atoms with Crippen molar-refractivity contribution in [1.82, 2.24) is 10.2 Å². The molecule has 0 bridgehead atoms. The Hall–Kier alpha value is -2.42. The van der Waals surface area contributed by atoms with Crippen LogP contribution in [0.5, 0.6) is 0 Å². The number of rotatable bonds is 8. The van der Waals surface area contributed by atoms with Crippen LogP contribution in [0, 0.1) is 13.8 Å². The zero-order chi connectivity index (χ0) is 22.4. The summed E-state index contributed by atoms with van der Waals surface area (Å²) in [4.78, 5) is 14.9. The zero-order valence-corrected chi connectivity index (χ0v) is 19.2. The highest BCUT2D eigenvalue weighted by molar-refractivity contribution is 7.92. The van der Waals surface area contributed by atoms with Crippen LogP contribution in [0.25, 0.3) is 0 Å². The molecule has 1 fully saturated rings. The summed E-state index contributed by atoms with van der Waals surface area (Å²) >= 11 is 0. The van der Waals surface area contributed by atoms with Gasteiger partial charge in [0, 0.05) is 26.2 Å². The molecule has 1 aliphatic rings. The van der Waals surface area contributed by atoms with Crippen LogP contribution in [0.3, 0.4) is 0 Å². The van der Waals surface area contributed by atoms with Crippen molar-refractivity contribution in [3.05, 3.63) is 64.7 Å². The fraction of sp³-hybridized carbons (Fsp3) is 0.435. The molecular weight excluding hydrogens is 414 g/mol. The van der Waals surface area contributed by atoms with Gasteiger partial charge in [-0.25, -0.2) is 8.42 Å². The van der Waals surface area contributed by atoms with Crippen LogP contribution >= 0.6 is 0 Å². The number of benzene rings is 2. The molecule has 0 radical (unpaired) electrons. The zero-order valence-electron chi connectivity index (χ0n) is 18.4. The van der Waals surface area contributed by atoms with Crippen LogP contribution < -0.4 is 9.62 Å². The number of amides is 1. The van der Waals surface area contributed by atoms with Gasteiger partial charge in [-0.05, 0) is 48.2 Å². The summed E-state index contributed by atoms with van der Waals surface area (Å²) in [5.74, 6) is -0.344. The summed E-state index contributed by atoms with van der Waals surface area (Å²) in [5.41, 5.74) is 4.56. The Kier molecular flexibility index (Phi) is 7.69. The smallest absolute Gasteiger partial charge is 0.241 e. The maximum absolute atomic E-state index is 12.6. The minimum Gasteiger partial charge on any atom is -0.379 e. The number of hydrogen-bond donors (Lipinski definition) is 1. The summed E-state index contributed by atoms with van der Waals surface area (Å²) in [6.07, 6.45) is 1.12. The van der Waals surface area contributed by atoms with Crippen LogP contribution in [0.1, 0.15) is 22.3 Å². The average Bonchev–Trinajstić information content (AvgIpc) is 2.70. The van der Waals surface area contributed by atoms with E-state index in [-0.39, 0.29) is 12.5 Å². The highest BCUT2D eigenvalue weighted by Crippen LogP contribution is 2.21. The number of aryl methyl sites for hydroxylation is 2. The first-order valence-corrected chi connectivity index (χ1v) is 12.3. The van der Waals surface area contributed by atoms with Gasteiger partial charge in [-0.3, -0.25) is 14.0 Å². The molecule has 3 rings (SSSR count). The molecule has 0 aliphatic carbocycles. The number of carbonyl (C=O) groups is 1. The lowest BCUT2D eigenvalue weighted by Crippen LogP contribution is -2.40. The van der Waals surface area contributed by atoms with Crippen molar-refractivity contribution in [2.45, 2.75) is 26.9 Å². The fourth-order valence-corrected chi connectivity index (χ4v) is 4.58. The number of carbonyl (C=O) groups excluding carboxylic acids is 1. The van der Waals surface area contributed by atoms with E-state index in [4.69, 9.17) is 4.74 Å². The van der Waals surface area contributed by atoms with Gasteiger partial charge in [0.05, 0.1) is 25.2 Å². The van der Waals surface area contributed by atoms with Crippen molar-refractivity contribution in [1.29, 1.82) is 0 Å². The van der Waals surface area contributed by atoms with Crippen LogP contribution in [0.15, 0.2) is 42.5 Å². The lowest BCUT2D eigenvalue weighted by Gasteiger charge is -2.26. The fourth-order valence-electron chi connectivity index (χ4n) is 3.74. The Bertz CT molecular complexity index is 997. The van der Waals surface area contributed by atoms with Crippen molar-refractivity contribution in [2.75, 3.05) is 43.4 Å². The second-order valence-corrected chi connectivity index (χ2v) is 10.0. The first-order valence-electron chi connectivity index (χ1n) is 10.4. The van der Waals surface area contributed by atoms with Crippen LogP contribution in [0.4, 0.5) is 5.69 Å². The van der Waals surface area contributed by atoms with E-state index in [1.807, 2.05) is 32.0 Å². The first kappa shape index (κ1) is 23.2. The van der Waals surface area contributed by atoms with E-state index in [2.05, 4.69) is 22.3 Å². The predicted octanol–water partition coefficient (Wildman–Crippen LogP) is 2.22. The number of anilines is 1. The summed E-state index contributed by atoms with van der Waals surface area (Å²) in [7, 11) is -3.60. The van der Waals surface area contributed by atoms with Crippen LogP contribution in [0.2, 0.25) is 0 Å². The second kappa shape index (κ2) is 10.3. The van der Waals surface area contributed by atoms with Gasteiger partial charge in [0.2, 0.25) is 15.9 Å². The molecule has 0 aromatic heterocycles. The third kappa shape index (κ3) is 7.05. The third-order valence-corrected chi connectivity index (χ3v) is 6.31. The molecule has 168 valence electrons. The number of nitrogens with zero attached hydrogens (tertiary/aromatic N) is 2. The van der Waals surface area contributed by atoms with Crippen LogP contribution in [-0.2, 0) is 32.6 Å². The van der Waals surface area contributed by atoms with Gasteiger partial charge in [0.25, 0.3) is 0 Å². The SMILES string of the molecule is Cc1cc(C)cc(N(CC(=O)NCc2cccc(CN3CCOCC3)c2)S(C)(=O)=O)c1. The average molecular weight is 446 g/mol. The Labute approximate surface area is 185 Å². The Morgan fingerprint density at radius 2 is 1.71 bits per heavy atom. The number of hydrogen-bond acceptors (Lipinski definition) is 5. The van der Waals surface area contributed by atoms with Gasteiger partial charge in [-0.1, -0.05) is 30.3 Å². The molecular formula is C23H31N3O4S. The molecule has 1 aliphatic heterocycles. The van der Waals surface area contributed by atoms with Crippen molar-refractivity contribution >= 4 is 21.6 Å².